The van der Waals surface area contributed by atoms with Crippen molar-refractivity contribution in [2.24, 2.45) is 0 Å². The predicted molar refractivity (Wildman–Crippen MR) is 104 cm³/mol. The van der Waals surface area contributed by atoms with E-state index in [0.717, 1.165) is 24.3 Å². The molecule has 0 aliphatic heterocycles. The molecule has 0 aliphatic rings. The SMILES string of the molecule is O=S(=O)(c1ccc(F)c(Cl)c1)c1cc(-c2ccc(F)cc2)c2ccc(F)cc2n1. The summed E-state index contributed by atoms with van der Waals surface area (Å²) in [5, 5.41) is -0.219. The molecule has 0 saturated heterocycles. The Balaban J connectivity index is 2.00. The Morgan fingerprint density at radius 2 is 1.48 bits per heavy atom. The Hall–Kier alpha value is -2.90. The molecule has 0 amide bonds. The molecular weight excluding hydrogens is 423 g/mol. The van der Waals surface area contributed by atoms with Gasteiger partial charge in [0.05, 0.1) is 15.4 Å². The van der Waals surface area contributed by atoms with Crippen LogP contribution in [0.2, 0.25) is 5.02 Å². The van der Waals surface area contributed by atoms with Gasteiger partial charge >= 0.3 is 0 Å². The molecule has 4 rings (SSSR count). The van der Waals surface area contributed by atoms with Gasteiger partial charge in [0.15, 0.2) is 5.03 Å². The number of fused-ring (bicyclic) bond motifs is 1. The van der Waals surface area contributed by atoms with Gasteiger partial charge in [-0.3, -0.25) is 0 Å². The minimum absolute atomic E-state index is 0.110. The monoisotopic (exact) mass is 433 g/mol. The fourth-order valence-electron chi connectivity index (χ4n) is 2.95. The highest BCUT2D eigenvalue weighted by Crippen LogP contribution is 2.33. The molecule has 0 radical (unpaired) electrons. The van der Waals surface area contributed by atoms with E-state index in [0.29, 0.717) is 16.5 Å². The third kappa shape index (κ3) is 3.59. The van der Waals surface area contributed by atoms with Gasteiger partial charge in [0, 0.05) is 11.5 Å². The van der Waals surface area contributed by atoms with Gasteiger partial charge in [0.25, 0.3) is 0 Å². The number of hydrogen-bond donors (Lipinski definition) is 0. The van der Waals surface area contributed by atoms with Crippen molar-refractivity contribution in [2.45, 2.75) is 9.92 Å². The minimum atomic E-state index is -4.18. The van der Waals surface area contributed by atoms with Crippen LogP contribution in [-0.2, 0) is 9.84 Å². The van der Waals surface area contributed by atoms with Crippen molar-refractivity contribution in [3.8, 4) is 11.1 Å². The van der Waals surface area contributed by atoms with Gasteiger partial charge in [-0.1, -0.05) is 23.7 Å². The van der Waals surface area contributed by atoms with Crippen LogP contribution in [0.15, 0.2) is 76.7 Å². The molecule has 146 valence electrons. The molecule has 0 bridgehead atoms. The maximum absolute atomic E-state index is 13.8. The first-order valence-electron chi connectivity index (χ1n) is 8.32. The molecule has 0 unspecified atom stereocenters. The van der Waals surface area contributed by atoms with Gasteiger partial charge in [-0.2, -0.15) is 0 Å². The highest BCUT2D eigenvalue weighted by atomic mass is 35.5. The second kappa shape index (κ2) is 7.17. The highest BCUT2D eigenvalue weighted by Gasteiger charge is 2.23. The van der Waals surface area contributed by atoms with Crippen molar-refractivity contribution in [3.05, 3.63) is 89.2 Å². The van der Waals surface area contributed by atoms with Crippen LogP contribution >= 0.6 is 11.6 Å². The lowest BCUT2D eigenvalue weighted by atomic mass is 10.0. The fourth-order valence-corrected chi connectivity index (χ4v) is 4.45. The van der Waals surface area contributed by atoms with E-state index in [1.807, 2.05) is 0 Å². The van der Waals surface area contributed by atoms with Crippen LogP contribution in [0.3, 0.4) is 0 Å². The lowest BCUT2D eigenvalue weighted by Crippen LogP contribution is -2.06. The molecule has 0 atom stereocenters. The average molecular weight is 434 g/mol. The Morgan fingerprint density at radius 1 is 0.793 bits per heavy atom. The van der Waals surface area contributed by atoms with Crippen LogP contribution in [0.5, 0.6) is 0 Å². The Kier molecular flexibility index (Phi) is 4.80. The van der Waals surface area contributed by atoms with Gasteiger partial charge in [0.1, 0.15) is 17.5 Å². The number of halogens is 4. The molecule has 3 nitrogen and oxygen atoms in total. The third-order valence-corrected chi connectivity index (χ3v) is 6.30. The van der Waals surface area contributed by atoms with Crippen molar-refractivity contribution in [1.29, 1.82) is 0 Å². The first kappa shape index (κ1) is 19.4. The molecule has 0 spiro atoms. The van der Waals surface area contributed by atoms with E-state index in [1.54, 1.807) is 0 Å². The van der Waals surface area contributed by atoms with E-state index in [9.17, 15) is 21.6 Å². The normalized spacial score (nSPS) is 11.7. The lowest BCUT2D eigenvalue weighted by Gasteiger charge is -2.11. The van der Waals surface area contributed by atoms with E-state index in [1.165, 1.54) is 42.5 Å². The topological polar surface area (TPSA) is 47.0 Å². The van der Waals surface area contributed by atoms with Crippen molar-refractivity contribution < 1.29 is 21.6 Å². The largest absolute Gasteiger partial charge is 0.236 e. The number of hydrogen-bond acceptors (Lipinski definition) is 3. The van der Waals surface area contributed by atoms with Crippen LogP contribution in [0.1, 0.15) is 0 Å². The second-order valence-electron chi connectivity index (χ2n) is 6.26. The van der Waals surface area contributed by atoms with Crippen molar-refractivity contribution in [1.82, 2.24) is 4.98 Å². The quantitative estimate of drug-likeness (QED) is 0.383. The van der Waals surface area contributed by atoms with Crippen LogP contribution in [0.25, 0.3) is 22.0 Å². The van der Waals surface area contributed by atoms with Crippen molar-refractivity contribution >= 4 is 32.3 Å². The Bertz CT molecular complexity index is 1360. The zero-order valence-electron chi connectivity index (χ0n) is 14.5. The fraction of sp³-hybridized carbons (Fsp3) is 0. The molecule has 29 heavy (non-hydrogen) atoms. The van der Waals surface area contributed by atoms with Crippen LogP contribution in [0.4, 0.5) is 13.2 Å². The Labute approximate surface area is 169 Å². The molecular formula is C21H11ClF3NO2S. The molecule has 0 fully saturated rings. The molecule has 0 saturated carbocycles. The molecule has 0 N–H and O–H groups in total. The van der Waals surface area contributed by atoms with E-state index in [4.69, 9.17) is 11.6 Å². The number of pyridine rings is 1. The summed E-state index contributed by atoms with van der Waals surface area (Å²) in [6.45, 7) is 0. The molecule has 8 heteroatoms. The van der Waals surface area contributed by atoms with E-state index < -0.39 is 27.3 Å². The smallest absolute Gasteiger partial charge is 0.223 e. The number of rotatable bonds is 3. The number of sulfone groups is 1. The van der Waals surface area contributed by atoms with Gasteiger partial charge in [-0.05, 0) is 59.7 Å². The lowest BCUT2D eigenvalue weighted by molar-refractivity contribution is 0.591. The summed E-state index contributed by atoms with van der Waals surface area (Å²) in [5.74, 6) is -1.80. The third-order valence-electron chi connectivity index (χ3n) is 4.38. The van der Waals surface area contributed by atoms with Gasteiger partial charge in [-0.15, -0.1) is 0 Å². The maximum Gasteiger partial charge on any atom is 0.223 e. The van der Waals surface area contributed by atoms with E-state index in [2.05, 4.69) is 4.98 Å². The summed E-state index contributed by atoms with van der Waals surface area (Å²) < 4.78 is 66.7. The van der Waals surface area contributed by atoms with Crippen molar-refractivity contribution in [3.63, 3.8) is 0 Å². The van der Waals surface area contributed by atoms with Gasteiger partial charge < -0.3 is 0 Å². The van der Waals surface area contributed by atoms with Crippen molar-refractivity contribution in [2.75, 3.05) is 0 Å². The predicted octanol–water partition coefficient (Wildman–Crippen LogP) is 5.81. The molecule has 1 heterocycles. The van der Waals surface area contributed by atoms with E-state index in [-0.39, 0.29) is 20.5 Å². The maximum atomic E-state index is 13.8. The standard InChI is InChI=1S/C21H11ClF3NO2S/c22-18-10-15(6-8-19(18)25)29(27,28)21-11-17(12-1-3-13(23)4-2-12)16-7-5-14(24)9-20(16)26-21/h1-11H. The summed E-state index contributed by atoms with van der Waals surface area (Å²) in [6, 6.07) is 13.6. The van der Waals surface area contributed by atoms with Gasteiger partial charge in [0.2, 0.25) is 9.84 Å². The number of aromatic nitrogens is 1. The summed E-state index contributed by atoms with van der Waals surface area (Å²) in [7, 11) is -4.18. The zero-order valence-corrected chi connectivity index (χ0v) is 16.1. The summed E-state index contributed by atoms with van der Waals surface area (Å²) >= 11 is 5.72. The first-order valence-corrected chi connectivity index (χ1v) is 10.2. The zero-order chi connectivity index (χ0) is 20.8. The summed E-state index contributed by atoms with van der Waals surface area (Å²) in [5.41, 5.74) is 1.07. The number of nitrogens with zero attached hydrogens (tertiary/aromatic N) is 1. The molecule has 0 aliphatic carbocycles. The van der Waals surface area contributed by atoms with Crippen LogP contribution in [0, 0.1) is 17.5 Å². The minimum Gasteiger partial charge on any atom is -0.236 e. The van der Waals surface area contributed by atoms with Crippen LogP contribution < -0.4 is 0 Å². The second-order valence-corrected chi connectivity index (χ2v) is 8.56. The molecule has 1 aromatic heterocycles. The van der Waals surface area contributed by atoms with Gasteiger partial charge in [-0.25, -0.2) is 26.6 Å². The Morgan fingerprint density at radius 3 is 2.17 bits per heavy atom. The summed E-state index contributed by atoms with van der Waals surface area (Å²) in [6.07, 6.45) is 0. The molecule has 4 aromatic rings. The summed E-state index contributed by atoms with van der Waals surface area (Å²) in [4.78, 5) is 3.85. The first-order chi connectivity index (χ1) is 13.8. The van der Waals surface area contributed by atoms with E-state index >= 15 is 0 Å². The molecule has 3 aromatic carbocycles. The average Bonchev–Trinajstić information content (AvgIpc) is 2.69. The van der Waals surface area contributed by atoms with Crippen LogP contribution in [-0.4, -0.2) is 13.4 Å². The number of benzene rings is 3. The highest BCUT2D eigenvalue weighted by molar-refractivity contribution is 7.91.